The van der Waals surface area contributed by atoms with Crippen molar-refractivity contribution in [3.05, 3.63) is 0 Å². The molecule has 0 aromatic carbocycles. The van der Waals surface area contributed by atoms with Crippen molar-refractivity contribution >= 4 is 5.78 Å². The SMILES string of the molecule is COCC(=O)CCCOCC(F)(F)F. The number of Topliss-reactive ketones (excluding diaryl/α,β-unsaturated/α-hetero) is 1. The van der Waals surface area contributed by atoms with Crippen LogP contribution in [0.2, 0.25) is 0 Å². The Labute approximate surface area is 80.2 Å². The van der Waals surface area contributed by atoms with Gasteiger partial charge in [0.25, 0.3) is 0 Å². The molecule has 0 amide bonds. The first-order chi connectivity index (χ1) is 6.45. The third kappa shape index (κ3) is 9.47. The molecule has 84 valence electrons. The second-order valence-electron chi connectivity index (χ2n) is 2.74. The fraction of sp³-hybridized carbons (Fsp3) is 0.875. The van der Waals surface area contributed by atoms with E-state index in [0.29, 0.717) is 0 Å². The van der Waals surface area contributed by atoms with Crippen LogP contribution in [0.1, 0.15) is 12.8 Å². The van der Waals surface area contributed by atoms with Crippen LogP contribution in [-0.4, -0.2) is 38.9 Å². The van der Waals surface area contributed by atoms with Gasteiger partial charge in [-0.1, -0.05) is 0 Å². The first-order valence-electron chi connectivity index (χ1n) is 4.11. The highest BCUT2D eigenvalue weighted by molar-refractivity contribution is 5.79. The Balaban J connectivity index is 3.26. The Morgan fingerprint density at radius 1 is 1.36 bits per heavy atom. The highest BCUT2D eigenvalue weighted by atomic mass is 19.4. The van der Waals surface area contributed by atoms with E-state index in [-0.39, 0.29) is 31.8 Å². The molecule has 0 heterocycles. The van der Waals surface area contributed by atoms with E-state index >= 15 is 0 Å². The molecule has 0 rings (SSSR count). The van der Waals surface area contributed by atoms with Crippen molar-refractivity contribution in [2.45, 2.75) is 19.0 Å². The van der Waals surface area contributed by atoms with Crippen molar-refractivity contribution in [3.8, 4) is 0 Å². The van der Waals surface area contributed by atoms with Gasteiger partial charge in [0.1, 0.15) is 13.2 Å². The smallest absolute Gasteiger partial charge is 0.377 e. The molecule has 0 aliphatic carbocycles. The molecule has 0 N–H and O–H groups in total. The van der Waals surface area contributed by atoms with Crippen LogP contribution in [0.3, 0.4) is 0 Å². The quantitative estimate of drug-likeness (QED) is 0.603. The molecule has 0 unspecified atom stereocenters. The number of hydrogen-bond acceptors (Lipinski definition) is 3. The lowest BCUT2D eigenvalue weighted by Gasteiger charge is -2.06. The van der Waals surface area contributed by atoms with Crippen LogP contribution in [0.5, 0.6) is 0 Å². The molecule has 0 atom stereocenters. The molecule has 3 nitrogen and oxygen atoms in total. The van der Waals surface area contributed by atoms with Gasteiger partial charge in [0.2, 0.25) is 0 Å². The minimum Gasteiger partial charge on any atom is -0.377 e. The fourth-order valence-electron chi connectivity index (χ4n) is 0.792. The van der Waals surface area contributed by atoms with E-state index in [0.717, 1.165) is 0 Å². The van der Waals surface area contributed by atoms with Gasteiger partial charge < -0.3 is 9.47 Å². The van der Waals surface area contributed by atoms with Crippen molar-refractivity contribution in [1.29, 1.82) is 0 Å². The van der Waals surface area contributed by atoms with E-state index in [1.807, 2.05) is 0 Å². The van der Waals surface area contributed by atoms with Crippen LogP contribution in [-0.2, 0) is 14.3 Å². The monoisotopic (exact) mass is 214 g/mol. The van der Waals surface area contributed by atoms with Crippen molar-refractivity contribution in [2.24, 2.45) is 0 Å². The average Bonchev–Trinajstić information content (AvgIpc) is 2.02. The van der Waals surface area contributed by atoms with Crippen LogP contribution in [0.4, 0.5) is 13.2 Å². The Hall–Kier alpha value is -0.620. The highest BCUT2D eigenvalue weighted by Gasteiger charge is 2.27. The van der Waals surface area contributed by atoms with Gasteiger partial charge in [-0.25, -0.2) is 0 Å². The number of halogens is 3. The first kappa shape index (κ1) is 13.4. The lowest BCUT2D eigenvalue weighted by Crippen LogP contribution is -2.17. The standard InChI is InChI=1S/C8H13F3O3/c1-13-5-7(12)3-2-4-14-6-8(9,10)11/h2-6H2,1H3. The number of ether oxygens (including phenoxy) is 2. The van der Waals surface area contributed by atoms with Crippen LogP contribution in [0.15, 0.2) is 0 Å². The Bertz CT molecular complexity index is 168. The zero-order valence-corrected chi connectivity index (χ0v) is 7.89. The van der Waals surface area contributed by atoms with E-state index in [1.165, 1.54) is 7.11 Å². The maximum atomic E-state index is 11.6. The number of carbonyl (C=O) groups is 1. The summed E-state index contributed by atoms with van der Waals surface area (Å²) in [4.78, 5) is 10.8. The van der Waals surface area contributed by atoms with Crippen molar-refractivity contribution < 1.29 is 27.4 Å². The molecule has 0 radical (unpaired) electrons. The van der Waals surface area contributed by atoms with Gasteiger partial charge in [-0.05, 0) is 6.42 Å². The summed E-state index contributed by atoms with van der Waals surface area (Å²) in [6.07, 6.45) is -3.82. The Morgan fingerprint density at radius 3 is 2.50 bits per heavy atom. The summed E-state index contributed by atoms with van der Waals surface area (Å²) in [6.45, 7) is -1.32. The summed E-state index contributed by atoms with van der Waals surface area (Å²) in [6, 6.07) is 0. The molecule has 0 bridgehead atoms. The summed E-state index contributed by atoms with van der Waals surface area (Å²) >= 11 is 0. The fourth-order valence-corrected chi connectivity index (χ4v) is 0.792. The predicted molar refractivity (Wildman–Crippen MR) is 43.0 cm³/mol. The van der Waals surface area contributed by atoms with Gasteiger partial charge in [-0.2, -0.15) is 13.2 Å². The minimum absolute atomic E-state index is 0.000723. The van der Waals surface area contributed by atoms with Gasteiger partial charge >= 0.3 is 6.18 Å². The molecule has 6 heteroatoms. The van der Waals surface area contributed by atoms with Gasteiger partial charge in [-0.15, -0.1) is 0 Å². The first-order valence-corrected chi connectivity index (χ1v) is 4.11. The molecule has 0 aliphatic heterocycles. The third-order valence-corrected chi connectivity index (χ3v) is 1.32. The maximum Gasteiger partial charge on any atom is 0.411 e. The van der Waals surface area contributed by atoms with Crippen LogP contribution in [0.25, 0.3) is 0 Å². The molecule has 0 saturated carbocycles. The molecular weight excluding hydrogens is 201 g/mol. The summed E-state index contributed by atoms with van der Waals surface area (Å²) in [5.41, 5.74) is 0. The second-order valence-corrected chi connectivity index (χ2v) is 2.74. The normalized spacial score (nSPS) is 11.7. The van der Waals surface area contributed by atoms with Crippen molar-refractivity contribution in [2.75, 3.05) is 26.9 Å². The summed E-state index contributed by atoms with van der Waals surface area (Å²) in [7, 11) is 1.39. The maximum absolute atomic E-state index is 11.6. The third-order valence-electron chi connectivity index (χ3n) is 1.32. The Morgan fingerprint density at radius 2 is 2.00 bits per heavy atom. The zero-order valence-electron chi connectivity index (χ0n) is 7.89. The summed E-state index contributed by atoms with van der Waals surface area (Å²) in [5, 5.41) is 0. The summed E-state index contributed by atoms with van der Waals surface area (Å²) in [5.74, 6) is -0.136. The minimum atomic E-state index is -4.30. The number of ketones is 1. The summed E-state index contributed by atoms with van der Waals surface area (Å²) < 4.78 is 43.5. The Kier molecular flexibility index (Phi) is 6.48. The van der Waals surface area contributed by atoms with Crippen LogP contribution < -0.4 is 0 Å². The van der Waals surface area contributed by atoms with E-state index in [1.54, 1.807) is 0 Å². The topological polar surface area (TPSA) is 35.5 Å². The van der Waals surface area contributed by atoms with Crippen molar-refractivity contribution in [3.63, 3.8) is 0 Å². The van der Waals surface area contributed by atoms with Gasteiger partial charge in [0.15, 0.2) is 5.78 Å². The molecule has 0 fully saturated rings. The molecule has 14 heavy (non-hydrogen) atoms. The van der Waals surface area contributed by atoms with E-state index < -0.39 is 12.8 Å². The van der Waals surface area contributed by atoms with E-state index in [4.69, 9.17) is 0 Å². The van der Waals surface area contributed by atoms with Crippen LogP contribution >= 0.6 is 0 Å². The van der Waals surface area contributed by atoms with E-state index in [9.17, 15) is 18.0 Å². The molecule has 0 aromatic rings. The molecule has 0 aromatic heterocycles. The predicted octanol–water partition coefficient (Wildman–Crippen LogP) is 1.56. The van der Waals surface area contributed by atoms with Gasteiger partial charge in [-0.3, -0.25) is 4.79 Å². The molecule has 0 saturated heterocycles. The van der Waals surface area contributed by atoms with Gasteiger partial charge in [0, 0.05) is 20.1 Å². The van der Waals surface area contributed by atoms with Crippen molar-refractivity contribution in [1.82, 2.24) is 0 Å². The second kappa shape index (κ2) is 6.78. The van der Waals surface area contributed by atoms with E-state index in [2.05, 4.69) is 9.47 Å². The van der Waals surface area contributed by atoms with Gasteiger partial charge in [0.05, 0.1) is 0 Å². The molecular formula is C8H13F3O3. The van der Waals surface area contributed by atoms with Crippen LogP contribution in [0, 0.1) is 0 Å². The average molecular weight is 214 g/mol. The number of alkyl halides is 3. The largest absolute Gasteiger partial charge is 0.411 e. The number of rotatable bonds is 7. The zero-order chi connectivity index (χ0) is 11.0. The number of hydrogen-bond donors (Lipinski definition) is 0. The lowest BCUT2D eigenvalue weighted by atomic mass is 10.2. The molecule has 0 aliphatic rings. The lowest BCUT2D eigenvalue weighted by molar-refractivity contribution is -0.174. The highest BCUT2D eigenvalue weighted by Crippen LogP contribution is 2.14. The molecule has 0 spiro atoms. The number of carbonyl (C=O) groups excluding carboxylic acids is 1. The number of methoxy groups -OCH3 is 1.